The third-order valence-corrected chi connectivity index (χ3v) is 4.74. The fraction of sp³-hybridized carbons (Fsp3) is 0.632. The molecule has 1 aromatic rings. The van der Waals surface area contributed by atoms with Gasteiger partial charge in [-0.1, -0.05) is 18.2 Å². The monoisotopic (exact) mass is 474 g/mol. The summed E-state index contributed by atoms with van der Waals surface area (Å²) in [5.41, 5.74) is 1.29. The molecule has 7 heteroatoms. The third kappa shape index (κ3) is 5.99. The molecule has 2 unspecified atom stereocenters. The highest BCUT2D eigenvalue weighted by Crippen LogP contribution is 2.27. The van der Waals surface area contributed by atoms with Crippen molar-refractivity contribution in [3.63, 3.8) is 0 Å². The van der Waals surface area contributed by atoms with Crippen LogP contribution in [0.3, 0.4) is 0 Å². The number of hydrogen-bond donors (Lipinski definition) is 2. The van der Waals surface area contributed by atoms with Crippen LogP contribution < -0.4 is 15.4 Å². The predicted octanol–water partition coefficient (Wildman–Crippen LogP) is 1.88. The number of fused-ring (bicyclic) bond motifs is 1. The molecule has 0 bridgehead atoms. The van der Waals surface area contributed by atoms with Gasteiger partial charge in [0, 0.05) is 32.1 Å². The van der Waals surface area contributed by atoms with E-state index < -0.39 is 0 Å². The van der Waals surface area contributed by atoms with Crippen LogP contribution in [0.15, 0.2) is 29.3 Å². The smallest absolute Gasteiger partial charge is 0.191 e. The van der Waals surface area contributed by atoms with Crippen LogP contribution in [-0.2, 0) is 11.2 Å². The first kappa shape index (κ1) is 21.2. The quantitative estimate of drug-likeness (QED) is 0.375. The van der Waals surface area contributed by atoms with Gasteiger partial charge in [-0.15, -0.1) is 24.0 Å². The van der Waals surface area contributed by atoms with Crippen LogP contribution in [-0.4, -0.2) is 68.9 Å². The SMILES string of the molecule is CCNC(=NCC(C)N1CCOCC1)NCC1Cc2ccccc2O1.I. The summed E-state index contributed by atoms with van der Waals surface area (Å²) in [5.74, 6) is 1.87. The Bertz CT molecular complexity index is 553. The molecular formula is C19H31IN4O2. The second-order valence-electron chi connectivity index (χ2n) is 6.65. The van der Waals surface area contributed by atoms with Gasteiger partial charge in [-0.25, -0.2) is 0 Å². The van der Waals surface area contributed by atoms with E-state index in [4.69, 9.17) is 14.5 Å². The second kappa shape index (κ2) is 10.9. The lowest BCUT2D eigenvalue weighted by Gasteiger charge is -2.31. The van der Waals surface area contributed by atoms with Gasteiger partial charge in [-0.05, 0) is 25.5 Å². The Morgan fingerprint density at radius 1 is 1.27 bits per heavy atom. The van der Waals surface area contributed by atoms with E-state index in [1.165, 1.54) is 5.56 Å². The molecule has 6 nitrogen and oxygen atoms in total. The molecule has 0 radical (unpaired) electrons. The first-order valence-electron chi connectivity index (χ1n) is 9.34. The van der Waals surface area contributed by atoms with Crippen LogP contribution >= 0.6 is 24.0 Å². The number of morpholine rings is 1. The molecule has 26 heavy (non-hydrogen) atoms. The van der Waals surface area contributed by atoms with Crippen molar-refractivity contribution in [2.75, 3.05) is 45.9 Å². The molecule has 0 saturated carbocycles. The average Bonchev–Trinajstić information content (AvgIpc) is 3.07. The largest absolute Gasteiger partial charge is 0.488 e. The zero-order chi connectivity index (χ0) is 17.5. The lowest BCUT2D eigenvalue weighted by Crippen LogP contribution is -2.45. The summed E-state index contributed by atoms with van der Waals surface area (Å²) in [4.78, 5) is 7.19. The minimum Gasteiger partial charge on any atom is -0.488 e. The maximum Gasteiger partial charge on any atom is 0.191 e. The minimum atomic E-state index is 0. The summed E-state index contributed by atoms with van der Waals surface area (Å²) in [6.45, 7) is 10.3. The Labute approximate surface area is 173 Å². The van der Waals surface area contributed by atoms with Gasteiger partial charge in [0.1, 0.15) is 11.9 Å². The van der Waals surface area contributed by atoms with E-state index in [9.17, 15) is 0 Å². The number of ether oxygens (including phenoxy) is 2. The molecule has 0 aromatic heterocycles. The number of nitrogens with one attached hydrogen (secondary N) is 2. The van der Waals surface area contributed by atoms with Crippen molar-refractivity contribution in [1.82, 2.24) is 15.5 Å². The molecule has 2 atom stereocenters. The van der Waals surface area contributed by atoms with E-state index in [-0.39, 0.29) is 30.1 Å². The highest BCUT2D eigenvalue weighted by Gasteiger charge is 2.22. The Morgan fingerprint density at radius 2 is 2.04 bits per heavy atom. The van der Waals surface area contributed by atoms with Gasteiger partial charge in [-0.3, -0.25) is 9.89 Å². The van der Waals surface area contributed by atoms with E-state index >= 15 is 0 Å². The number of nitrogens with zero attached hydrogens (tertiary/aromatic N) is 2. The third-order valence-electron chi connectivity index (χ3n) is 4.74. The molecule has 0 spiro atoms. The van der Waals surface area contributed by atoms with Crippen LogP contribution in [0, 0.1) is 0 Å². The maximum absolute atomic E-state index is 5.99. The van der Waals surface area contributed by atoms with Gasteiger partial charge in [0.25, 0.3) is 0 Å². The number of rotatable bonds is 6. The van der Waals surface area contributed by atoms with Crippen molar-refractivity contribution in [3.8, 4) is 5.75 Å². The summed E-state index contributed by atoms with van der Waals surface area (Å²) in [6.07, 6.45) is 1.12. The van der Waals surface area contributed by atoms with Crippen molar-refractivity contribution in [1.29, 1.82) is 0 Å². The Hall–Kier alpha value is -1.06. The van der Waals surface area contributed by atoms with Gasteiger partial charge < -0.3 is 20.1 Å². The molecule has 146 valence electrons. The minimum absolute atomic E-state index is 0. The molecule has 2 aliphatic rings. The summed E-state index contributed by atoms with van der Waals surface area (Å²) in [7, 11) is 0. The van der Waals surface area contributed by atoms with Crippen molar-refractivity contribution in [2.24, 2.45) is 4.99 Å². The molecule has 1 aromatic carbocycles. The lowest BCUT2D eigenvalue weighted by molar-refractivity contribution is 0.0220. The van der Waals surface area contributed by atoms with E-state index in [1.807, 2.05) is 12.1 Å². The standard InChI is InChI=1S/C19H30N4O2.HI/c1-3-20-19(21-13-15(2)23-8-10-24-11-9-23)22-14-17-12-16-6-4-5-7-18(16)25-17;/h4-7,15,17H,3,8-14H2,1-2H3,(H2,20,21,22);1H. The molecule has 2 aliphatic heterocycles. The highest BCUT2D eigenvalue weighted by atomic mass is 127. The molecule has 2 heterocycles. The molecule has 0 amide bonds. The summed E-state index contributed by atoms with van der Waals surface area (Å²) >= 11 is 0. The number of hydrogen-bond acceptors (Lipinski definition) is 4. The number of aliphatic imine (C=N–C) groups is 1. The fourth-order valence-electron chi connectivity index (χ4n) is 3.28. The summed E-state index contributed by atoms with van der Waals surface area (Å²) in [5, 5.41) is 6.75. The maximum atomic E-state index is 5.99. The zero-order valence-corrected chi connectivity index (χ0v) is 18.1. The van der Waals surface area contributed by atoms with Crippen LogP contribution in [0.1, 0.15) is 19.4 Å². The molecule has 1 fully saturated rings. The van der Waals surface area contributed by atoms with E-state index in [2.05, 4.69) is 41.5 Å². The number of benzene rings is 1. The second-order valence-corrected chi connectivity index (χ2v) is 6.65. The van der Waals surface area contributed by atoms with Gasteiger partial charge in [0.2, 0.25) is 0 Å². The van der Waals surface area contributed by atoms with Crippen LogP contribution in [0.5, 0.6) is 5.75 Å². The number of guanidine groups is 1. The van der Waals surface area contributed by atoms with Crippen molar-refractivity contribution >= 4 is 29.9 Å². The molecule has 1 saturated heterocycles. The van der Waals surface area contributed by atoms with Gasteiger partial charge >= 0.3 is 0 Å². The Morgan fingerprint density at radius 3 is 2.77 bits per heavy atom. The average molecular weight is 474 g/mol. The van der Waals surface area contributed by atoms with Crippen molar-refractivity contribution in [2.45, 2.75) is 32.4 Å². The van der Waals surface area contributed by atoms with Gasteiger partial charge in [0.15, 0.2) is 5.96 Å². The topological polar surface area (TPSA) is 58.1 Å². The Balaban J connectivity index is 0.00000243. The molecule has 2 N–H and O–H groups in total. The Kier molecular flexibility index (Phi) is 8.94. The van der Waals surface area contributed by atoms with E-state index in [0.29, 0.717) is 6.04 Å². The highest BCUT2D eigenvalue weighted by molar-refractivity contribution is 14.0. The first-order valence-corrected chi connectivity index (χ1v) is 9.34. The molecular weight excluding hydrogens is 443 g/mol. The fourth-order valence-corrected chi connectivity index (χ4v) is 3.28. The van der Waals surface area contributed by atoms with Gasteiger partial charge in [-0.2, -0.15) is 0 Å². The van der Waals surface area contributed by atoms with E-state index in [0.717, 1.165) is 64.1 Å². The normalized spacial score (nSPS) is 21.3. The van der Waals surface area contributed by atoms with Gasteiger partial charge in [0.05, 0.1) is 26.3 Å². The zero-order valence-electron chi connectivity index (χ0n) is 15.7. The van der Waals surface area contributed by atoms with Crippen LogP contribution in [0.25, 0.3) is 0 Å². The lowest BCUT2D eigenvalue weighted by atomic mass is 10.1. The van der Waals surface area contributed by atoms with Crippen molar-refractivity contribution < 1.29 is 9.47 Å². The van der Waals surface area contributed by atoms with E-state index in [1.54, 1.807) is 0 Å². The van der Waals surface area contributed by atoms with Crippen molar-refractivity contribution in [3.05, 3.63) is 29.8 Å². The van der Waals surface area contributed by atoms with Crippen LogP contribution in [0.4, 0.5) is 0 Å². The molecule has 0 aliphatic carbocycles. The predicted molar refractivity (Wildman–Crippen MR) is 116 cm³/mol. The summed E-state index contributed by atoms with van der Waals surface area (Å²) < 4.78 is 11.4. The number of halogens is 1. The number of para-hydroxylation sites is 1. The first-order chi connectivity index (χ1) is 12.3. The molecule has 3 rings (SSSR count). The van der Waals surface area contributed by atoms with Crippen LogP contribution in [0.2, 0.25) is 0 Å². The summed E-state index contributed by atoms with van der Waals surface area (Å²) in [6, 6.07) is 8.69.